The van der Waals surface area contributed by atoms with Crippen LogP contribution < -0.4 is 11.1 Å². The molecular weight excluding hydrogens is 232 g/mol. The molecule has 0 atom stereocenters. The number of halogens is 1. The van der Waals surface area contributed by atoms with Crippen LogP contribution in [0, 0.1) is 0 Å². The summed E-state index contributed by atoms with van der Waals surface area (Å²) in [6.45, 7) is 2.54. The van der Waals surface area contributed by atoms with Gasteiger partial charge in [-0.2, -0.15) is 0 Å². The van der Waals surface area contributed by atoms with E-state index in [1.54, 1.807) is 12.1 Å². The van der Waals surface area contributed by atoms with Crippen LogP contribution >= 0.6 is 23.4 Å². The van der Waals surface area contributed by atoms with Crippen molar-refractivity contribution in [3.05, 3.63) is 23.2 Å². The maximum Gasteiger partial charge on any atom is 0.230 e. The molecule has 0 aromatic heterocycles. The predicted octanol–water partition coefficient (Wildman–Crippen LogP) is 2.15. The van der Waals surface area contributed by atoms with Crippen LogP contribution in [0.2, 0.25) is 5.02 Å². The highest BCUT2D eigenvalue weighted by Gasteiger charge is 2.04. The Morgan fingerprint density at radius 1 is 1.60 bits per heavy atom. The zero-order valence-electron chi connectivity index (χ0n) is 8.42. The lowest BCUT2D eigenvalue weighted by Crippen LogP contribution is -2.24. The van der Waals surface area contributed by atoms with E-state index >= 15 is 0 Å². The summed E-state index contributed by atoms with van der Waals surface area (Å²) in [4.78, 5) is 12.1. The highest BCUT2D eigenvalue weighted by molar-refractivity contribution is 8.00. The fourth-order valence-corrected chi connectivity index (χ4v) is 2.00. The lowest BCUT2D eigenvalue weighted by atomic mass is 10.3. The molecule has 15 heavy (non-hydrogen) atoms. The molecular formula is C10H13ClN2OS. The SMILES string of the molecule is CCNC(=O)CSc1ccc(Cl)cc1N. The molecule has 3 nitrogen and oxygen atoms in total. The van der Waals surface area contributed by atoms with E-state index in [0.717, 1.165) is 4.90 Å². The minimum atomic E-state index is 0.0110. The summed E-state index contributed by atoms with van der Waals surface area (Å²) < 4.78 is 0. The summed E-state index contributed by atoms with van der Waals surface area (Å²) >= 11 is 7.17. The molecule has 0 saturated carbocycles. The fourth-order valence-electron chi connectivity index (χ4n) is 1.04. The number of hydrogen-bond donors (Lipinski definition) is 2. The number of anilines is 1. The molecule has 0 fully saturated rings. The van der Waals surface area contributed by atoms with Gasteiger partial charge in [0.05, 0.1) is 5.75 Å². The Morgan fingerprint density at radius 2 is 2.33 bits per heavy atom. The van der Waals surface area contributed by atoms with Crippen molar-refractivity contribution in [3.8, 4) is 0 Å². The third-order valence-corrected chi connectivity index (χ3v) is 3.03. The fraction of sp³-hybridized carbons (Fsp3) is 0.300. The molecule has 1 aromatic carbocycles. The molecule has 0 unspecified atom stereocenters. The van der Waals surface area contributed by atoms with E-state index in [1.807, 2.05) is 13.0 Å². The molecule has 0 aliphatic rings. The Balaban J connectivity index is 2.54. The van der Waals surface area contributed by atoms with E-state index in [9.17, 15) is 4.79 Å². The number of thioether (sulfide) groups is 1. The smallest absolute Gasteiger partial charge is 0.230 e. The number of benzene rings is 1. The van der Waals surface area contributed by atoms with E-state index in [-0.39, 0.29) is 5.91 Å². The number of nitrogens with two attached hydrogens (primary N) is 1. The maximum atomic E-state index is 11.2. The first kappa shape index (κ1) is 12.2. The van der Waals surface area contributed by atoms with Gasteiger partial charge in [0, 0.05) is 22.2 Å². The van der Waals surface area contributed by atoms with Crippen LogP contribution in [0.3, 0.4) is 0 Å². The quantitative estimate of drug-likeness (QED) is 0.630. The third-order valence-electron chi connectivity index (χ3n) is 1.70. The Labute approximate surface area is 98.4 Å². The number of hydrogen-bond acceptors (Lipinski definition) is 3. The molecule has 5 heteroatoms. The van der Waals surface area contributed by atoms with Gasteiger partial charge in [0.25, 0.3) is 0 Å². The van der Waals surface area contributed by atoms with Crippen molar-refractivity contribution in [3.63, 3.8) is 0 Å². The van der Waals surface area contributed by atoms with E-state index in [1.165, 1.54) is 11.8 Å². The van der Waals surface area contributed by atoms with Gasteiger partial charge in [-0.1, -0.05) is 11.6 Å². The first-order valence-electron chi connectivity index (χ1n) is 4.58. The van der Waals surface area contributed by atoms with Gasteiger partial charge in [-0.05, 0) is 25.1 Å². The minimum absolute atomic E-state index is 0.0110. The van der Waals surface area contributed by atoms with Crippen molar-refractivity contribution >= 4 is 35.0 Å². The largest absolute Gasteiger partial charge is 0.398 e. The molecule has 0 radical (unpaired) electrons. The first-order chi connectivity index (χ1) is 7.13. The topological polar surface area (TPSA) is 55.1 Å². The summed E-state index contributed by atoms with van der Waals surface area (Å²) in [5.41, 5.74) is 6.35. The Morgan fingerprint density at radius 3 is 2.93 bits per heavy atom. The Kier molecular flexibility index (Phi) is 4.78. The second kappa shape index (κ2) is 5.88. The van der Waals surface area contributed by atoms with E-state index < -0.39 is 0 Å². The van der Waals surface area contributed by atoms with Gasteiger partial charge in [-0.25, -0.2) is 0 Å². The number of carbonyl (C=O) groups excluding carboxylic acids is 1. The molecule has 0 saturated heterocycles. The van der Waals surface area contributed by atoms with Crippen molar-refractivity contribution in [2.24, 2.45) is 0 Å². The minimum Gasteiger partial charge on any atom is -0.398 e. The zero-order chi connectivity index (χ0) is 11.3. The molecule has 1 aromatic rings. The number of rotatable bonds is 4. The summed E-state index contributed by atoms with van der Waals surface area (Å²) in [7, 11) is 0. The van der Waals surface area contributed by atoms with Crippen molar-refractivity contribution in [2.45, 2.75) is 11.8 Å². The molecule has 1 amide bonds. The highest BCUT2D eigenvalue weighted by atomic mass is 35.5. The Bertz CT molecular complexity index is 357. The van der Waals surface area contributed by atoms with E-state index in [0.29, 0.717) is 23.0 Å². The van der Waals surface area contributed by atoms with E-state index in [4.69, 9.17) is 17.3 Å². The second-order valence-corrected chi connectivity index (χ2v) is 4.38. The van der Waals surface area contributed by atoms with Crippen LogP contribution in [0.15, 0.2) is 23.1 Å². The second-order valence-electron chi connectivity index (χ2n) is 2.92. The molecule has 3 N–H and O–H groups in total. The monoisotopic (exact) mass is 244 g/mol. The van der Waals surface area contributed by atoms with Crippen LogP contribution in [0.5, 0.6) is 0 Å². The lowest BCUT2D eigenvalue weighted by Gasteiger charge is -2.05. The third kappa shape index (κ3) is 4.01. The maximum absolute atomic E-state index is 11.2. The summed E-state index contributed by atoms with van der Waals surface area (Å²) in [6, 6.07) is 5.27. The summed E-state index contributed by atoms with van der Waals surface area (Å²) in [5, 5.41) is 3.33. The number of nitrogens with one attached hydrogen (secondary N) is 1. The van der Waals surface area contributed by atoms with Crippen molar-refractivity contribution in [1.29, 1.82) is 0 Å². The van der Waals surface area contributed by atoms with Crippen molar-refractivity contribution < 1.29 is 4.79 Å². The van der Waals surface area contributed by atoms with Gasteiger partial charge in [0.1, 0.15) is 0 Å². The van der Waals surface area contributed by atoms with Gasteiger partial charge in [-0.3, -0.25) is 4.79 Å². The highest BCUT2D eigenvalue weighted by Crippen LogP contribution is 2.27. The standard InChI is InChI=1S/C10H13ClN2OS/c1-2-13-10(14)6-15-9-4-3-7(11)5-8(9)12/h3-5H,2,6,12H2,1H3,(H,13,14). The molecule has 82 valence electrons. The predicted molar refractivity (Wildman–Crippen MR) is 65.3 cm³/mol. The van der Waals surface area contributed by atoms with Gasteiger partial charge in [0.15, 0.2) is 0 Å². The lowest BCUT2D eigenvalue weighted by molar-refractivity contribution is -0.118. The number of carbonyl (C=O) groups is 1. The van der Waals surface area contributed by atoms with Gasteiger partial charge in [-0.15, -0.1) is 11.8 Å². The van der Waals surface area contributed by atoms with Crippen LogP contribution in [0.1, 0.15) is 6.92 Å². The first-order valence-corrected chi connectivity index (χ1v) is 5.94. The summed E-state index contributed by atoms with van der Waals surface area (Å²) in [5.74, 6) is 0.386. The molecule has 0 aliphatic carbocycles. The van der Waals surface area contributed by atoms with Gasteiger partial charge in [0.2, 0.25) is 5.91 Å². The molecule has 1 rings (SSSR count). The number of amides is 1. The van der Waals surface area contributed by atoms with Gasteiger partial charge < -0.3 is 11.1 Å². The van der Waals surface area contributed by atoms with E-state index in [2.05, 4.69) is 5.32 Å². The average molecular weight is 245 g/mol. The van der Waals surface area contributed by atoms with Crippen molar-refractivity contribution in [2.75, 3.05) is 18.0 Å². The zero-order valence-corrected chi connectivity index (χ0v) is 9.99. The normalized spacial score (nSPS) is 10.0. The molecule has 0 spiro atoms. The van der Waals surface area contributed by atoms with Crippen LogP contribution in [0.4, 0.5) is 5.69 Å². The van der Waals surface area contributed by atoms with Crippen LogP contribution in [0.25, 0.3) is 0 Å². The molecule has 0 bridgehead atoms. The van der Waals surface area contributed by atoms with Crippen molar-refractivity contribution in [1.82, 2.24) is 5.32 Å². The average Bonchev–Trinajstić information content (AvgIpc) is 2.17. The van der Waals surface area contributed by atoms with Gasteiger partial charge >= 0.3 is 0 Å². The van der Waals surface area contributed by atoms with Crippen LogP contribution in [-0.4, -0.2) is 18.2 Å². The molecule has 0 aliphatic heterocycles. The van der Waals surface area contributed by atoms with Crippen LogP contribution in [-0.2, 0) is 4.79 Å². The number of nitrogen functional groups attached to an aromatic ring is 1. The Hall–Kier alpha value is -0.870. The molecule has 0 heterocycles. The summed E-state index contributed by atoms with van der Waals surface area (Å²) in [6.07, 6.45) is 0.